The molecule has 0 bridgehead atoms. The van der Waals surface area contributed by atoms with Crippen molar-refractivity contribution in [2.45, 2.75) is 0 Å². The lowest BCUT2D eigenvalue weighted by Gasteiger charge is -1.96. The van der Waals surface area contributed by atoms with Crippen molar-refractivity contribution in [2.75, 3.05) is 0 Å². The first kappa shape index (κ1) is 20.8. The standard InChI is InChI=1S/C18H10F2N2S2.2BrH/c19-13-5-1-11(2-6-13)15-9-23-17(21-15)18-22-16(10-24-18)12-3-7-14(20)8-4-12;;/h1-10H;2*1H. The average molecular weight is 518 g/mol. The third-order valence-electron chi connectivity index (χ3n) is 3.47. The SMILES string of the molecule is Br.Br.Fc1ccc(-c2csc(-c3nc(-c4ccc(F)cc4)cs3)n2)cc1. The lowest BCUT2D eigenvalue weighted by Crippen LogP contribution is -1.81. The van der Waals surface area contributed by atoms with Crippen LogP contribution in [0.25, 0.3) is 32.5 Å². The predicted octanol–water partition coefficient (Wildman–Crippen LogP) is 7.03. The van der Waals surface area contributed by atoms with Gasteiger partial charge in [-0.05, 0) is 48.5 Å². The zero-order valence-electron chi connectivity index (χ0n) is 13.1. The third-order valence-corrected chi connectivity index (χ3v) is 5.30. The molecule has 0 aliphatic carbocycles. The van der Waals surface area contributed by atoms with E-state index in [0.717, 1.165) is 32.5 Å². The van der Waals surface area contributed by atoms with Gasteiger partial charge in [0.05, 0.1) is 11.4 Å². The molecule has 0 unspecified atom stereocenters. The lowest BCUT2D eigenvalue weighted by molar-refractivity contribution is 0.627. The van der Waals surface area contributed by atoms with E-state index in [1.165, 1.54) is 46.9 Å². The molecule has 0 fully saturated rings. The Kier molecular flexibility index (Phi) is 7.16. The van der Waals surface area contributed by atoms with E-state index >= 15 is 0 Å². The molecule has 0 saturated carbocycles. The highest BCUT2D eigenvalue weighted by atomic mass is 79.9. The fourth-order valence-electron chi connectivity index (χ4n) is 2.25. The minimum atomic E-state index is -0.266. The van der Waals surface area contributed by atoms with E-state index in [1.54, 1.807) is 24.3 Å². The second-order valence-electron chi connectivity index (χ2n) is 5.09. The normalized spacial score (nSPS) is 10.1. The summed E-state index contributed by atoms with van der Waals surface area (Å²) in [6, 6.07) is 12.5. The van der Waals surface area contributed by atoms with Crippen LogP contribution in [-0.2, 0) is 0 Å². The van der Waals surface area contributed by atoms with Crippen LogP contribution < -0.4 is 0 Å². The molecule has 0 aliphatic heterocycles. The molecule has 2 nitrogen and oxygen atoms in total. The summed E-state index contributed by atoms with van der Waals surface area (Å²) < 4.78 is 26.0. The molecule has 0 atom stereocenters. The van der Waals surface area contributed by atoms with Crippen molar-refractivity contribution in [3.8, 4) is 32.5 Å². The lowest BCUT2D eigenvalue weighted by atomic mass is 10.2. The van der Waals surface area contributed by atoms with Crippen LogP contribution in [0.1, 0.15) is 0 Å². The summed E-state index contributed by atoms with van der Waals surface area (Å²) in [6.07, 6.45) is 0. The largest absolute Gasteiger partial charge is 0.233 e. The maximum atomic E-state index is 13.0. The van der Waals surface area contributed by atoms with Crippen molar-refractivity contribution >= 4 is 56.6 Å². The minimum absolute atomic E-state index is 0. The van der Waals surface area contributed by atoms with Gasteiger partial charge in [0.1, 0.15) is 11.6 Å². The van der Waals surface area contributed by atoms with Crippen molar-refractivity contribution in [1.29, 1.82) is 0 Å². The number of rotatable bonds is 3. The Morgan fingerprint density at radius 1 is 0.577 bits per heavy atom. The van der Waals surface area contributed by atoms with E-state index < -0.39 is 0 Å². The van der Waals surface area contributed by atoms with Gasteiger partial charge in [0.15, 0.2) is 10.0 Å². The molecule has 0 amide bonds. The van der Waals surface area contributed by atoms with E-state index in [0.29, 0.717) is 0 Å². The van der Waals surface area contributed by atoms with E-state index in [-0.39, 0.29) is 45.6 Å². The zero-order chi connectivity index (χ0) is 16.5. The molecule has 2 aromatic heterocycles. The van der Waals surface area contributed by atoms with Crippen molar-refractivity contribution in [1.82, 2.24) is 9.97 Å². The van der Waals surface area contributed by atoms with Gasteiger partial charge in [0, 0.05) is 21.9 Å². The maximum absolute atomic E-state index is 13.0. The molecule has 134 valence electrons. The van der Waals surface area contributed by atoms with E-state index in [4.69, 9.17) is 0 Å². The monoisotopic (exact) mass is 516 g/mol. The summed E-state index contributed by atoms with van der Waals surface area (Å²) in [6.45, 7) is 0. The first-order valence-electron chi connectivity index (χ1n) is 7.12. The molecule has 4 rings (SSSR count). The summed E-state index contributed by atoms with van der Waals surface area (Å²) in [7, 11) is 0. The van der Waals surface area contributed by atoms with E-state index in [1.807, 2.05) is 10.8 Å². The molecular weight excluding hydrogens is 506 g/mol. The summed E-state index contributed by atoms with van der Waals surface area (Å²) in [5.41, 5.74) is 3.34. The summed E-state index contributed by atoms with van der Waals surface area (Å²) >= 11 is 2.99. The molecule has 26 heavy (non-hydrogen) atoms. The minimum Gasteiger partial charge on any atom is -0.233 e. The topological polar surface area (TPSA) is 25.8 Å². The van der Waals surface area contributed by atoms with Gasteiger partial charge >= 0.3 is 0 Å². The molecule has 4 aromatic rings. The zero-order valence-corrected chi connectivity index (χ0v) is 18.1. The number of hydrogen-bond donors (Lipinski definition) is 0. The number of hydrogen-bond acceptors (Lipinski definition) is 4. The Morgan fingerprint density at radius 2 is 0.923 bits per heavy atom. The fraction of sp³-hybridized carbons (Fsp3) is 0. The predicted molar refractivity (Wildman–Crippen MR) is 115 cm³/mol. The van der Waals surface area contributed by atoms with Crippen LogP contribution in [0, 0.1) is 11.6 Å². The van der Waals surface area contributed by atoms with Crippen molar-refractivity contribution < 1.29 is 8.78 Å². The Labute approximate surface area is 178 Å². The van der Waals surface area contributed by atoms with Gasteiger partial charge in [0.25, 0.3) is 0 Å². The first-order valence-corrected chi connectivity index (χ1v) is 8.88. The van der Waals surface area contributed by atoms with Gasteiger partial charge in [-0.1, -0.05) is 0 Å². The second kappa shape index (κ2) is 8.94. The van der Waals surface area contributed by atoms with Crippen LogP contribution >= 0.6 is 56.6 Å². The highest BCUT2D eigenvalue weighted by Gasteiger charge is 2.11. The number of aromatic nitrogens is 2. The maximum Gasteiger partial charge on any atom is 0.152 e. The van der Waals surface area contributed by atoms with Crippen molar-refractivity contribution in [2.24, 2.45) is 0 Å². The Morgan fingerprint density at radius 3 is 1.27 bits per heavy atom. The van der Waals surface area contributed by atoms with Crippen LogP contribution in [0.3, 0.4) is 0 Å². The smallest absolute Gasteiger partial charge is 0.152 e. The number of halogens is 4. The summed E-state index contributed by atoms with van der Waals surface area (Å²) in [5.74, 6) is -0.531. The van der Waals surface area contributed by atoms with Crippen LogP contribution in [0.15, 0.2) is 59.3 Å². The summed E-state index contributed by atoms with van der Waals surface area (Å²) in [4.78, 5) is 9.17. The Hall–Kier alpha value is -1.48. The number of nitrogens with zero attached hydrogens (tertiary/aromatic N) is 2. The van der Waals surface area contributed by atoms with Crippen LogP contribution in [0.5, 0.6) is 0 Å². The average Bonchev–Trinajstić information content (AvgIpc) is 3.25. The summed E-state index contributed by atoms with van der Waals surface area (Å²) in [5, 5.41) is 5.49. The van der Waals surface area contributed by atoms with Crippen LogP contribution in [-0.4, -0.2) is 9.97 Å². The van der Waals surface area contributed by atoms with Crippen molar-refractivity contribution in [3.05, 3.63) is 70.9 Å². The van der Waals surface area contributed by atoms with Gasteiger partial charge in [-0.3, -0.25) is 0 Å². The van der Waals surface area contributed by atoms with Gasteiger partial charge in [-0.2, -0.15) is 0 Å². The third kappa shape index (κ3) is 4.43. The van der Waals surface area contributed by atoms with Gasteiger partial charge in [0.2, 0.25) is 0 Å². The molecular formula is C18H12Br2F2N2S2. The first-order chi connectivity index (χ1) is 11.7. The van der Waals surface area contributed by atoms with Crippen molar-refractivity contribution in [3.63, 3.8) is 0 Å². The molecule has 0 radical (unpaired) electrons. The van der Waals surface area contributed by atoms with Crippen LogP contribution in [0.2, 0.25) is 0 Å². The molecule has 0 N–H and O–H groups in total. The van der Waals surface area contributed by atoms with Crippen LogP contribution in [0.4, 0.5) is 8.78 Å². The molecule has 0 aliphatic rings. The Bertz CT molecular complexity index is 901. The highest BCUT2D eigenvalue weighted by Crippen LogP contribution is 2.33. The molecule has 0 saturated heterocycles. The van der Waals surface area contributed by atoms with E-state index in [2.05, 4.69) is 9.97 Å². The van der Waals surface area contributed by atoms with Gasteiger partial charge in [-0.15, -0.1) is 56.6 Å². The molecule has 2 aromatic carbocycles. The second-order valence-corrected chi connectivity index (χ2v) is 6.81. The number of thiazole rings is 2. The van der Waals surface area contributed by atoms with Gasteiger partial charge in [-0.25, -0.2) is 18.7 Å². The Balaban J connectivity index is 0.00000121. The molecule has 8 heteroatoms. The van der Waals surface area contributed by atoms with Gasteiger partial charge < -0.3 is 0 Å². The number of benzene rings is 2. The van der Waals surface area contributed by atoms with E-state index in [9.17, 15) is 8.78 Å². The quantitative estimate of drug-likeness (QED) is 0.291. The highest BCUT2D eigenvalue weighted by molar-refractivity contribution is 8.93. The fourth-order valence-corrected chi connectivity index (χ4v) is 3.96. The molecule has 2 heterocycles. The molecule has 0 spiro atoms.